The average Bonchev–Trinajstić information content (AvgIpc) is 2.97. The number of hydrogen-bond acceptors (Lipinski definition) is 8. The van der Waals surface area contributed by atoms with Gasteiger partial charge in [0.1, 0.15) is 34.3 Å². The highest BCUT2D eigenvalue weighted by molar-refractivity contribution is 8.29. The Morgan fingerprint density at radius 3 is 2.72 bits per heavy atom. The summed E-state index contributed by atoms with van der Waals surface area (Å²) in [4.78, 5) is 25.6. The van der Waals surface area contributed by atoms with Gasteiger partial charge in [0, 0.05) is 18.8 Å². The van der Waals surface area contributed by atoms with Crippen molar-refractivity contribution >= 4 is 28.4 Å². The number of halogens is 3. The largest absolute Gasteiger partial charge is 0.433 e. The molecule has 0 radical (unpaired) electrons. The number of nitrogens with one attached hydrogen (secondary N) is 2. The minimum Gasteiger partial charge on any atom is -0.433 e. The lowest BCUT2D eigenvalue weighted by molar-refractivity contribution is -0.0500. The monoisotopic (exact) mass is 526 g/mol. The van der Waals surface area contributed by atoms with Crippen LogP contribution in [0.3, 0.4) is 0 Å². The molecule has 5 N–H and O–H groups in total. The molecule has 4 heterocycles. The van der Waals surface area contributed by atoms with E-state index in [0.717, 1.165) is 18.7 Å². The molecule has 0 aliphatic carbocycles. The molecule has 0 spiro atoms. The van der Waals surface area contributed by atoms with Crippen molar-refractivity contribution in [3.8, 4) is 5.75 Å². The van der Waals surface area contributed by atoms with Crippen LogP contribution in [0.2, 0.25) is 0 Å². The first-order chi connectivity index (χ1) is 16.9. The molecule has 0 bridgehead atoms. The Bertz CT molecular complexity index is 1170. The van der Waals surface area contributed by atoms with Crippen LogP contribution in [-0.2, 0) is 5.54 Å². The van der Waals surface area contributed by atoms with Crippen LogP contribution >= 0.6 is 10.5 Å². The fraction of sp³-hybridized carbons (Fsp3) is 0.478. The number of nitrogens with two attached hydrogens (primary N) is 1. The summed E-state index contributed by atoms with van der Waals surface area (Å²) in [6.45, 7) is 2.99. The Morgan fingerprint density at radius 2 is 2.06 bits per heavy atom. The first kappa shape index (κ1) is 26.3. The molecule has 13 heteroatoms. The van der Waals surface area contributed by atoms with Crippen molar-refractivity contribution in [1.29, 1.82) is 0 Å². The summed E-state index contributed by atoms with van der Waals surface area (Å²) in [6.07, 6.45) is 3.99. The molecule has 1 amide bonds. The highest BCUT2D eigenvalue weighted by Gasteiger charge is 2.59. The number of aromatic nitrogens is 2. The number of amides is 1. The minimum absolute atomic E-state index is 0.0288. The number of hydrogen-bond donors (Lipinski definition) is 4. The van der Waals surface area contributed by atoms with Crippen LogP contribution in [0.4, 0.5) is 19.0 Å². The van der Waals surface area contributed by atoms with E-state index in [-0.39, 0.29) is 23.0 Å². The molecule has 2 unspecified atom stereocenters. The number of carbonyl (C=O) groups is 1. The average molecular weight is 527 g/mol. The molecule has 1 fully saturated rings. The number of ether oxygens (including phenoxy) is 1. The summed E-state index contributed by atoms with van der Waals surface area (Å²) >= 11 is 0. The second-order valence-electron chi connectivity index (χ2n) is 9.49. The van der Waals surface area contributed by atoms with E-state index in [1.165, 1.54) is 18.2 Å². The van der Waals surface area contributed by atoms with Crippen LogP contribution in [-0.4, -0.2) is 55.8 Å². The summed E-state index contributed by atoms with van der Waals surface area (Å²) < 4.78 is 58.6. The van der Waals surface area contributed by atoms with Gasteiger partial charge in [-0.1, -0.05) is 10.5 Å². The van der Waals surface area contributed by atoms with E-state index in [1.807, 2.05) is 13.8 Å². The zero-order valence-electron chi connectivity index (χ0n) is 20.0. The second-order valence-corrected chi connectivity index (χ2v) is 12.6. The second kappa shape index (κ2) is 9.61. The normalized spacial score (nSPS) is 31.1. The van der Waals surface area contributed by atoms with Gasteiger partial charge in [-0.2, -0.15) is 8.78 Å². The summed E-state index contributed by atoms with van der Waals surface area (Å²) in [5, 5.41) is 1.89. The Kier molecular flexibility index (Phi) is 7.03. The quantitative estimate of drug-likeness (QED) is 0.465. The number of anilines is 1. The molecule has 2 aliphatic heterocycles. The van der Waals surface area contributed by atoms with Crippen LogP contribution in [0.1, 0.15) is 49.8 Å². The fourth-order valence-electron chi connectivity index (χ4n) is 4.70. The highest BCUT2D eigenvalue weighted by atomic mass is 32.3. The third-order valence-corrected chi connectivity index (χ3v) is 10.5. The molecule has 0 saturated carbocycles. The zero-order valence-corrected chi connectivity index (χ0v) is 20.9. The van der Waals surface area contributed by atoms with Gasteiger partial charge in [-0.05, 0) is 57.9 Å². The van der Waals surface area contributed by atoms with E-state index in [1.54, 1.807) is 13.1 Å². The van der Waals surface area contributed by atoms with Crippen LogP contribution in [0.25, 0.3) is 0 Å². The number of nitrogens with zero attached hydrogens (tertiary/aromatic N) is 3. The Labute approximate surface area is 208 Å². The number of rotatable bonds is 5. The number of fused-ring (bicyclic) bond motifs is 1. The number of alkyl halides is 2. The number of pyridine rings is 2. The van der Waals surface area contributed by atoms with Crippen LogP contribution in [0.5, 0.6) is 5.75 Å². The molecule has 2 aromatic rings. The minimum atomic E-state index is -3.01. The maximum absolute atomic E-state index is 15.2. The Hall–Kier alpha value is -2.74. The van der Waals surface area contributed by atoms with Crippen LogP contribution in [0, 0.1) is 5.82 Å². The first-order valence-electron chi connectivity index (χ1n) is 11.4. The van der Waals surface area contributed by atoms with E-state index in [2.05, 4.69) is 24.7 Å². The van der Waals surface area contributed by atoms with Gasteiger partial charge in [0.25, 0.3) is 5.91 Å². The van der Waals surface area contributed by atoms with Crippen molar-refractivity contribution in [2.75, 3.05) is 11.9 Å². The van der Waals surface area contributed by atoms with E-state index in [0.29, 0.717) is 13.0 Å². The maximum atomic E-state index is 15.2. The van der Waals surface area contributed by atoms with Gasteiger partial charge >= 0.3 is 6.61 Å². The smallest absolute Gasteiger partial charge is 0.387 e. The highest BCUT2D eigenvalue weighted by Crippen LogP contribution is 2.65. The topological polar surface area (TPSA) is 135 Å². The summed E-state index contributed by atoms with van der Waals surface area (Å²) in [5.74, 6) is -1.51. The van der Waals surface area contributed by atoms with E-state index in [4.69, 9.17) is 10.7 Å². The molecule has 2 aromatic heterocycles. The molecule has 196 valence electrons. The van der Waals surface area contributed by atoms with E-state index < -0.39 is 50.4 Å². The summed E-state index contributed by atoms with van der Waals surface area (Å²) in [5.41, 5.74) is 5.10. The number of aliphatic imine (C=N–C) groups is 1. The standard InChI is InChI=1S/C23H29F3N6O3S/c1-22(2)12-29-23(3,19-15(27)5-4-10-30-36(19,22)34)18-14(24)7-9-17(31-18)32-20(33)16-8-6-13(11-28-16)35-21(25)26/h6-9,11-12,15,19,21,30,34H,4-5,10,27H2,1-3H3,(H,31,32,33)/t15?,19-,23-/m1/s1. The molecule has 1 saturated heterocycles. The predicted molar refractivity (Wildman–Crippen MR) is 132 cm³/mol. The van der Waals surface area contributed by atoms with Crippen molar-refractivity contribution in [2.24, 2.45) is 10.7 Å². The molecule has 0 aromatic carbocycles. The van der Waals surface area contributed by atoms with Crippen LogP contribution < -0.4 is 20.5 Å². The van der Waals surface area contributed by atoms with Crippen molar-refractivity contribution < 1.29 is 27.3 Å². The van der Waals surface area contributed by atoms with E-state index in [9.17, 15) is 18.1 Å². The first-order valence-corrected chi connectivity index (χ1v) is 13.0. The third-order valence-electron chi connectivity index (χ3n) is 6.55. The molecular formula is C23H29F3N6O3S. The van der Waals surface area contributed by atoms with Gasteiger partial charge in [0.05, 0.1) is 16.2 Å². The molecule has 36 heavy (non-hydrogen) atoms. The van der Waals surface area contributed by atoms with Crippen molar-refractivity contribution in [2.45, 2.75) is 61.8 Å². The zero-order chi connectivity index (χ0) is 26.3. The molecule has 9 nitrogen and oxygen atoms in total. The third kappa shape index (κ3) is 4.67. The maximum Gasteiger partial charge on any atom is 0.387 e. The van der Waals surface area contributed by atoms with Gasteiger partial charge < -0.3 is 20.3 Å². The van der Waals surface area contributed by atoms with Gasteiger partial charge in [-0.15, -0.1) is 0 Å². The Balaban J connectivity index is 1.67. The predicted octanol–water partition coefficient (Wildman–Crippen LogP) is 3.82. The lowest BCUT2D eigenvalue weighted by Gasteiger charge is -2.58. The van der Waals surface area contributed by atoms with Crippen molar-refractivity contribution in [3.05, 3.63) is 47.7 Å². The van der Waals surface area contributed by atoms with Gasteiger partial charge in [0.2, 0.25) is 0 Å². The van der Waals surface area contributed by atoms with Gasteiger partial charge in [-0.3, -0.25) is 14.5 Å². The van der Waals surface area contributed by atoms with Crippen LogP contribution in [0.15, 0.2) is 35.5 Å². The van der Waals surface area contributed by atoms with Crippen molar-refractivity contribution in [1.82, 2.24) is 14.7 Å². The lowest BCUT2D eigenvalue weighted by atomic mass is 9.86. The fourth-order valence-corrected chi connectivity index (χ4v) is 8.05. The van der Waals surface area contributed by atoms with Crippen molar-refractivity contribution in [3.63, 3.8) is 0 Å². The molecule has 2 aliphatic rings. The van der Waals surface area contributed by atoms with Gasteiger partial charge in [-0.25, -0.2) is 14.4 Å². The summed E-state index contributed by atoms with van der Waals surface area (Å²) in [7, 11) is -2.60. The van der Waals surface area contributed by atoms with Gasteiger partial charge in [0.15, 0.2) is 0 Å². The van der Waals surface area contributed by atoms with E-state index >= 15 is 4.39 Å². The SMILES string of the molecule is CC1(C)C=N[C@](C)(c2nc(NC(=O)c3ccc(OC(F)F)cn3)ccc2F)[C@H]2C(N)CCCNS21O. The number of carbonyl (C=O) groups excluding carboxylic acids is 1. The summed E-state index contributed by atoms with van der Waals surface area (Å²) in [6, 6.07) is 4.37. The Morgan fingerprint density at radius 1 is 1.31 bits per heavy atom. The molecular weight excluding hydrogens is 497 g/mol. The molecule has 4 rings (SSSR count). The molecule has 4 atom stereocenters. The lowest BCUT2D eigenvalue weighted by Crippen LogP contribution is -2.60.